The van der Waals surface area contributed by atoms with Crippen LogP contribution < -0.4 is 0 Å². The molecule has 0 heteroatoms. The van der Waals surface area contributed by atoms with Crippen LogP contribution in [0, 0.1) is 17.8 Å². The Morgan fingerprint density at radius 3 is 2.91 bits per heavy atom. The number of allylic oxidation sites excluding steroid dienone is 4. The zero-order valence-corrected chi connectivity index (χ0v) is 7.38. The fourth-order valence-electron chi connectivity index (χ4n) is 2.76. The highest BCUT2D eigenvalue weighted by Gasteiger charge is 2.37. The zero-order valence-electron chi connectivity index (χ0n) is 7.38. The molecule has 0 amide bonds. The first kappa shape index (κ1) is 7.15. The van der Waals surface area contributed by atoms with Crippen molar-refractivity contribution in [2.24, 2.45) is 17.8 Å². The zero-order chi connectivity index (χ0) is 7.84. The molecule has 0 aromatic rings. The third-order valence-electron chi connectivity index (χ3n) is 3.26. The quantitative estimate of drug-likeness (QED) is 0.501. The highest BCUT2D eigenvalue weighted by molar-refractivity contribution is 5.29. The van der Waals surface area contributed by atoms with Gasteiger partial charge in [-0.15, -0.1) is 0 Å². The fraction of sp³-hybridized carbons (Fsp3) is 0.636. The van der Waals surface area contributed by atoms with Crippen molar-refractivity contribution in [2.45, 2.75) is 26.7 Å². The van der Waals surface area contributed by atoms with Crippen LogP contribution in [0.5, 0.6) is 0 Å². The molecule has 0 aromatic heterocycles. The summed E-state index contributed by atoms with van der Waals surface area (Å²) in [7, 11) is 0. The van der Waals surface area contributed by atoms with Crippen LogP contribution in [0.1, 0.15) is 26.7 Å². The fourth-order valence-corrected chi connectivity index (χ4v) is 2.76. The summed E-state index contributed by atoms with van der Waals surface area (Å²) >= 11 is 0. The van der Waals surface area contributed by atoms with E-state index in [1.807, 2.05) is 0 Å². The summed E-state index contributed by atoms with van der Waals surface area (Å²) in [5, 5.41) is 0. The molecule has 2 rings (SSSR count). The van der Waals surface area contributed by atoms with Gasteiger partial charge < -0.3 is 0 Å². The second kappa shape index (κ2) is 2.51. The van der Waals surface area contributed by atoms with Crippen LogP contribution in [-0.4, -0.2) is 0 Å². The molecule has 11 heavy (non-hydrogen) atoms. The molecule has 0 radical (unpaired) electrons. The molecule has 0 nitrogen and oxygen atoms in total. The predicted octanol–water partition coefficient (Wildman–Crippen LogP) is 3.16. The number of hydrogen-bond acceptors (Lipinski definition) is 0. The van der Waals surface area contributed by atoms with Crippen LogP contribution in [-0.2, 0) is 0 Å². The largest absolute Gasteiger partial charge is 0.0876 e. The molecule has 3 unspecified atom stereocenters. The highest BCUT2D eigenvalue weighted by atomic mass is 14.4. The Morgan fingerprint density at radius 2 is 2.36 bits per heavy atom. The monoisotopic (exact) mass is 148 g/mol. The van der Waals surface area contributed by atoms with Crippen LogP contribution >= 0.6 is 0 Å². The maximum Gasteiger partial charge on any atom is -0.00145 e. The Bertz CT molecular complexity index is 210. The average Bonchev–Trinajstić information content (AvgIpc) is 2.60. The molecular formula is C11H16. The lowest BCUT2D eigenvalue weighted by Crippen LogP contribution is -2.08. The van der Waals surface area contributed by atoms with E-state index in [0.717, 1.165) is 17.8 Å². The van der Waals surface area contributed by atoms with Gasteiger partial charge in [0.15, 0.2) is 0 Å². The maximum atomic E-state index is 2.42. The standard InChI is InChI=1S/C11H16/c1-3-10-8-5-6-9(7-8)11(10)4-2/h3,5-6,8-9,11H,4,7H2,1-2H3. The van der Waals surface area contributed by atoms with Crippen molar-refractivity contribution in [3.05, 3.63) is 23.8 Å². The van der Waals surface area contributed by atoms with E-state index >= 15 is 0 Å². The Hall–Kier alpha value is -0.520. The van der Waals surface area contributed by atoms with E-state index in [4.69, 9.17) is 0 Å². The van der Waals surface area contributed by atoms with E-state index < -0.39 is 0 Å². The maximum absolute atomic E-state index is 2.42. The van der Waals surface area contributed by atoms with E-state index in [0.29, 0.717) is 0 Å². The molecule has 0 aliphatic heterocycles. The third kappa shape index (κ3) is 0.885. The molecule has 3 atom stereocenters. The lowest BCUT2D eigenvalue weighted by atomic mass is 9.86. The summed E-state index contributed by atoms with van der Waals surface area (Å²) < 4.78 is 0. The van der Waals surface area contributed by atoms with Crippen molar-refractivity contribution >= 4 is 0 Å². The van der Waals surface area contributed by atoms with Crippen molar-refractivity contribution in [2.75, 3.05) is 0 Å². The molecule has 0 spiro atoms. The minimum Gasteiger partial charge on any atom is -0.0876 e. The Balaban J connectivity index is 2.28. The van der Waals surface area contributed by atoms with Crippen LogP contribution in [0.15, 0.2) is 23.8 Å². The van der Waals surface area contributed by atoms with E-state index in [9.17, 15) is 0 Å². The molecule has 2 aliphatic carbocycles. The van der Waals surface area contributed by atoms with Gasteiger partial charge in [0.05, 0.1) is 0 Å². The molecular weight excluding hydrogens is 132 g/mol. The summed E-state index contributed by atoms with van der Waals surface area (Å²) in [6.45, 7) is 4.50. The third-order valence-corrected chi connectivity index (χ3v) is 3.26. The topological polar surface area (TPSA) is 0 Å². The SMILES string of the molecule is CC=C1C2C=CC(C2)C1CC. The van der Waals surface area contributed by atoms with Gasteiger partial charge in [0.2, 0.25) is 0 Å². The van der Waals surface area contributed by atoms with E-state index in [-0.39, 0.29) is 0 Å². The lowest BCUT2D eigenvalue weighted by Gasteiger charge is -2.19. The lowest BCUT2D eigenvalue weighted by molar-refractivity contribution is 0.497. The Kier molecular flexibility index (Phi) is 1.63. The van der Waals surface area contributed by atoms with Crippen LogP contribution in [0.3, 0.4) is 0 Å². The van der Waals surface area contributed by atoms with Gasteiger partial charge in [-0.05, 0) is 37.5 Å². The van der Waals surface area contributed by atoms with Gasteiger partial charge in [0.1, 0.15) is 0 Å². The van der Waals surface area contributed by atoms with Crippen molar-refractivity contribution in [1.29, 1.82) is 0 Å². The molecule has 60 valence electrons. The average molecular weight is 148 g/mol. The minimum absolute atomic E-state index is 0.815. The second-order valence-electron chi connectivity index (χ2n) is 3.69. The van der Waals surface area contributed by atoms with Crippen molar-refractivity contribution in [3.63, 3.8) is 0 Å². The van der Waals surface area contributed by atoms with Crippen molar-refractivity contribution in [1.82, 2.24) is 0 Å². The summed E-state index contributed by atoms with van der Waals surface area (Å²) in [5.41, 5.74) is 1.71. The van der Waals surface area contributed by atoms with E-state index in [1.165, 1.54) is 12.8 Å². The van der Waals surface area contributed by atoms with Crippen molar-refractivity contribution < 1.29 is 0 Å². The number of rotatable bonds is 1. The second-order valence-corrected chi connectivity index (χ2v) is 3.69. The predicted molar refractivity (Wildman–Crippen MR) is 48.3 cm³/mol. The summed E-state index contributed by atoms with van der Waals surface area (Å²) in [6.07, 6.45) is 9.88. The van der Waals surface area contributed by atoms with Crippen LogP contribution in [0.25, 0.3) is 0 Å². The van der Waals surface area contributed by atoms with Gasteiger partial charge in [-0.2, -0.15) is 0 Å². The van der Waals surface area contributed by atoms with E-state index in [2.05, 4.69) is 32.1 Å². The first-order chi connectivity index (χ1) is 5.36. The van der Waals surface area contributed by atoms with Gasteiger partial charge in [0.25, 0.3) is 0 Å². The number of fused-ring (bicyclic) bond motifs is 2. The summed E-state index contributed by atoms with van der Waals surface area (Å²) in [6, 6.07) is 0. The first-order valence-electron chi connectivity index (χ1n) is 4.71. The molecule has 2 aliphatic rings. The van der Waals surface area contributed by atoms with E-state index in [1.54, 1.807) is 5.57 Å². The smallest absolute Gasteiger partial charge is 0.00145 e. The van der Waals surface area contributed by atoms with Crippen LogP contribution in [0.4, 0.5) is 0 Å². The van der Waals surface area contributed by atoms with Gasteiger partial charge in [-0.1, -0.05) is 30.7 Å². The molecule has 0 heterocycles. The summed E-state index contributed by atoms with van der Waals surface area (Å²) in [5.74, 6) is 2.58. The molecule has 2 bridgehead atoms. The highest BCUT2D eigenvalue weighted by Crippen LogP contribution is 2.48. The Morgan fingerprint density at radius 1 is 1.55 bits per heavy atom. The normalized spacial score (nSPS) is 44.2. The van der Waals surface area contributed by atoms with Gasteiger partial charge in [-0.25, -0.2) is 0 Å². The van der Waals surface area contributed by atoms with Crippen LogP contribution in [0.2, 0.25) is 0 Å². The van der Waals surface area contributed by atoms with Gasteiger partial charge in [-0.3, -0.25) is 0 Å². The van der Waals surface area contributed by atoms with Gasteiger partial charge in [0, 0.05) is 0 Å². The molecule has 0 aromatic carbocycles. The molecule has 0 N–H and O–H groups in total. The molecule has 1 saturated carbocycles. The van der Waals surface area contributed by atoms with Crippen molar-refractivity contribution in [3.8, 4) is 0 Å². The van der Waals surface area contributed by atoms with Gasteiger partial charge >= 0.3 is 0 Å². The minimum atomic E-state index is 0.815. The summed E-state index contributed by atoms with van der Waals surface area (Å²) in [4.78, 5) is 0. The first-order valence-corrected chi connectivity index (χ1v) is 4.71. The molecule has 1 fully saturated rings. The Labute approximate surface area is 69.0 Å². The molecule has 0 saturated heterocycles. The number of hydrogen-bond donors (Lipinski definition) is 0.